The van der Waals surface area contributed by atoms with E-state index in [0.717, 1.165) is 0 Å². The van der Waals surface area contributed by atoms with E-state index in [2.05, 4.69) is 4.74 Å². The first-order valence-corrected chi connectivity index (χ1v) is 6.60. The van der Waals surface area contributed by atoms with E-state index in [1.165, 1.54) is 24.1 Å². The molecule has 0 bridgehead atoms. The Morgan fingerprint density at radius 3 is 2.48 bits per heavy atom. The van der Waals surface area contributed by atoms with E-state index in [1.807, 2.05) is 0 Å². The molecule has 0 aliphatic carbocycles. The van der Waals surface area contributed by atoms with E-state index in [0.29, 0.717) is 17.1 Å². The largest absolute Gasteiger partial charge is 0.454 e. The Kier molecular flexibility index (Phi) is 6.01. The summed E-state index contributed by atoms with van der Waals surface area (Å²) in [5, 5.41) is 0. The number of carbonyl (C=O) groups excluding carboxylic acids is 1. The fourth-order valence-electron chi connectivity index (χ4n) is 2.11. The second kappa shape index (κ2) is 7.18. The molecule has 1 aliphatic heterocycles. The summed E-state index contributed by atoms with van der Waals surface area (Å²) in [4.78, 5) is 13.4. The second-order valence-electron chi connectivity index (χ2n) is 5.57. The summed E-state index contributed by atoms with van der Waals surface area (Å²) in [6.07, 6.45) is 0. The molecule has 1 aromatic rings. The van der Waals surface area contributed by atoms with Crippen LogP contribution in [-0.2, 0) is 11.3 Å². The molecule has 0 fully saturated rings. The van der Waals surface area contributed by atoms with Gasteiger partial charge < -0.3 is 24.8 Å². The first-order valence-electron chi connectivity index (χ1n) is 6.60. The van der Waals surface area contributed by atoms with Crippen LogP contribution in [0.4, 0.5) is 8.78 Å². The lowest BCUT2D eigenvalue weighted by Crippen LogP contribution is -2.49. The number of amides is 1. The molecule has 1 aliphatic rings. The van der Waals surface area contributed by atoms with Crippen molar-refractivity contribution in [3.8, 4) is 17.2 Å². The smallest absolute Gasteiger partial charge is 0.387 e. The zero-order valence-electron chi connectivity index (χ0n) is 13.0. The van der Waals surface area contributed by atoms with E-state index in [4.69, 9.17) is 15.2 Å². The maximum absolute atomic E-state index is 12.5. The lowest BCUT2D eigenvalue weighted by Gasteiger charge is -2.26. The minimum absolute atomic E-state index is 0. The number of hydrogen-bond donors (Lipinski definition) is 1. The fourth-order valence-corrected chi connectivity index (χ4v) is 2.11. The molecule has 0 atom stereocenters. The van der Waals surface area contributed by atoms with Crippen molar-refractivity contribution < 1.29 is 27.8 Å². The monoisotopic (exact) mass is 352 g/mol. The Bertz CT molecular complexity index is 579. The Morgan fingerprint density at radius 1 is 1.39 bits per heavy atom. The number of hydrogen-bond acceptors (Lipinski definition) is 5. The summed E-state index contributed by atoms with van der Waals surface area (Å²) < 4.78 is 39.9. The number of benzene rings is 1. The number of rotatable bonds is 5. The standard InChI is InChI=1S/C14H18F2N2O4.ClH/c1-14(2,17)12(19)18(3)6-8-4-10-11(21-7-20-10)5-9(8)22-13(15)16;/h4-5,13H,6-7,17H2,1-3H3;1H. The molecular formula is C14H19ClF2N2O4. The molecule has 0 unspecified atom stereocenters. The Hall–Kier alpha value is -1.80. The summed E-state index contributed by atoms with van der Waals surface area (Å²) in [6, 6.07) is 2.85. The molecule has 0 saturated heterocycles. The van der Waals surface area contributed by atoms with Crippen LogP contribution in [0.25, 0.3) is 0 Å². The molecule has 23 heavy (non-hydrogen) atoms. The van der Waals surface area contributed by atoms with Crippen molar-refractivity contribution in [1.82, 2.24) is 4.90 Å². The summed E-state index contributed by atoms with van der Waals surface area (Å²) >= 11 is 0. The highest BCUT2D eigenvalue weighted by atomic mass is 35.5. The van der Waals surface area contributed by atoms with Gasteiger partial charge in [-0.3, -0.25) is 4.79 Å². The Morgan fingerprint density at radius 2 is 1.96 bits per heavy atom. The maximum atomic E-state index is 12.5. The highest BCUT2D eigenvalue weighted by Crippen LogP contribution is 2.39. The van der Waals surface area contributed by atoms with Gasteiger partial charge in [0.05, 0.1) is 5.54 Å². The van der Waals surface area contributed by atoms with E-state index in [1.54, 1.807) is 13.8 Å². The van der Waals surface area contributed by atoms with Gasteiger partial charge in [-0.25, -0.2) is 0 Å². The molecule has 1 amide bonds. The topological polar surface area (TPSA) is 74.0 Å². The molecular weight excluding hydrogens is 334 g/mol. The predicted octanol–water partition coefficient (Wildman–Crippen LogP) is 2.13. The van der Waals surface area contributed by atoms with Gasteiger partial charge in [0.15, 0.2) is 11.5 Å². The van der Waals surface area contributed by atoms with Crippen LogP contribution in [0.15, 0.2) is 12.1 Å². The first-order chi connectivity index (χ1) is 10.2. The van der Waals surface area contributed by atoms with Crippen LogP contribution < -0.4 is 19.9 Å². The maximum Gasteiger partial charge on any atom is 0.387 e. The molecule has 1 heterocycles. The van der Waals surface area contributed by atoms with Crippen LogP contribution in [0.1, 0.15) is 19.4 Å². The Balaban J connectivity index is 0.00000264. The molecule has 0 radical (unpaired) electrons. The molecule has 0 saturated carbocycles. The molecule has 2 rings (SSSR count). The normalized spacial score (nSPS) is 12.8. The first kappa shape index (κ1) is 19.2. The number of ether oxygens (including phenoxy) is 3. The van der Waals surface area contributed by atoms with Crippen molar-refractivity contribution in [1.29, 1.82) is 0 Å². The number of fused-ring (bicyclic) bond motifs is 1. The third-order valence-electron chi connectivity index (χ3n) is 3.08. The number of likely N-dealkylation sites (N-methyl/N-ethyl adjacent to an activating group) is 1. The van der Waals surface area contributed by atoms with Gasteiger partial charge in [-0.2, -0.15) is 8.78 Å². The van der Waals surface area contributed by atoms with E-state index >= 15 is 0 Å². The highest BCUT2D eigenvalue weighted by Gasteiger charge is 2.27. The molecule has 9 heteroatoms. The highest BCUT2D eigenvalue weighted by molar-refractivity contribution is 5.85. The van der Waals surface area contributed by atoms with Gasteiger partial charge in [0.1, 0.15) is 5.75 Å². The average molecular weight is 353 g/mol. The fraction of sp³-hybridized carbons (Fsp3) is 0.500. The van der Waals surface area contributed by atoms with Gasteiger partial charge in [0.2, 0.25) is 12.7 Å². The number of nitrogens with zero attached hydrogens (tertiary/aromatic N) is 1. The Labute approximate surface area is 138 Å². The van der Waals surface area contributed by atoms with Gasteiger partial charge in [-0.1, -0.05) is 0 Å². The number of carbonyl (C=O) groups is 1. The summed E-state index contributed by atoms with van der Waals surface area (Å²) in [6.45, 7) is 0.228. The van der Waals surface area contributed by atoms with E-state index in [-0.39, 0.29) is 37.4 Å². The lowest BCUT2D eigenvalue weighted by molar-refractivity contribution is -0.135. The molecule has 0 aromatic heterocycles. The average Bonchev–Trinajstić information content (AvgIpc) is 2.83. The van der Waals surface area contributed by atoms with Crippen LogP contribution in [0, 0.1) is 0 Å². The minimum atomic E-state index is -2.98. The second-order valence-corrected chi connectivity index (χ2v) is 5.57. The van der Waals surface area contributed by atoms with Crippen molar-refractivity contribution in [2.75, 3.05) is 13.8 Å². The van der Waals surface area contributed by atoms with Gasteiger partial charge in [-0.05, 0) is 19.9 Å². The number of alkyl halides is 2. The van der Waals surface area contributed by atoms with Crippen LogP contribution >= 0.6 is 12.4 Å². The van der Waals surface area contributed by atoms with E-state index < -0.39 is 12.2 Å². The summed E-state index contributed by atoms with van der Waals surface area (Å²) in [5.74, 6) is 0.360. The molecule has 0 spiro atoms. The van der Waals surface area contributed by atoms with Crippen molar-refractivity contribution in [2.45, 2.75) is 32.5 Å². The molecule has 1 aromatic carbocycles. The quantitative estimate of drug-likeness (QED) is 0.878. The summed E-state index contributed by atoms with van der Waals surface area (Å²) in [5.41, 5.74) is 5.07. The SMILES string of the molecule is CN(Cc1cc2c(cc1OC(F)F)OCO2)C(=O)C(C)(C)N.Cl. The van der Waals surface area contributed by atoms with Crippen molar-refractivity contribution in [2.24, 2.45) is 5.73 Å². The number of nitrogens with two attached hydrogens (primary N) is 1. The minimum Gasteiger partial charge on any atom is -0.454 e. The molecule has 130 valence electrons. The van der Waals surface area contributed by atoms with Gasteiger partial charge >= 0.3 is 6.61 Å². The number of halogens is 3. The van der Waals surface area contributed by atoms with Crippen molar-refractivity contribution in [3.63, 3.8) is 0 Å². The zero-order valence-corrected chi connectivity index (χ0v) is 13.8. The van der Waals surface area contributed by atoms with Gasteiger partial charge in [-0.15, -0.1) is 12.4 Å². The summed E-state index contributed by atoms with van der Waals surface area (Å²) in [7, 11) is 1.54. The van der Waals surface area contributed by atoms with Crippen molar-refractivity contribution in [3.05, 3.63) is 17.7 Å². The van der Waals surface area contributed by atoms with E-state index in [9.17, 15) is 13.6 Å². The van der Waals surface area contributed by atoms with Crippen molar-refractivity contribution >= 4 is 18.3 Å². The third-order valence-corrected chi connectivity index (χ3v) is 3.08. The third kappa shape index (κ3) is 4.59. The lowest BCUT2D eigenvalue weighted by atomic mass is 10.0. The van der Waals surface area contributed by atoms with Crippen LogP contribution in [-0.4, -0.2) is 36.8 Å². The zero-order chi connectivity index (χ0) is 16.5. The van der Waals surface area contributed by atoms with Gasteiger partial charge in [0, 0.05) is 25.2 Å². The predicted molar refractivity (Wildman–Crippen MR) is 81.2 cm³/mol. The van der Waals surface area contributed by atoms with Gasteiger partial charge in [0.25, 0.3) is 0 Å². The van der Waals surface area contributed by atoms with Crippen LogP contribution in [0.3, 0.4) is 0 Å². The molecule has 2 N–H and O–H groups in total. The molecule has 6 nitrogen and oxygen atoms in total. The van der Waals surface area contributed by atoms with Crippen LogP contribution in [0.2, 0.25) is 0 Å². The van der Waals surface area contributed by atoms with Crippen LogP contribution in [0.5, 0.6) is 17.2 Å².